The number of nitrogens with zero attached hydrogens (tertiary/aromatic N) is 2. The van der Waals surface area contributed by atoms with Gasteiger partial charge in [-0.1, -0.05) is 24.3 Å². The van der Waals surface area contributed by atoms with Crippen LogP contribution in [0, 0.1) is 17.2 Å². The average molecular weight is 349 g/mol. The quantitative estimate of drug-likeness (QED) is 0.870. The number of hydrogen-bond donors (Lipinski definition) is 2. The molecule has 0 saturated carbocycles. The number of amides is 1. The minimum atomic E-state index is -0.239. The molecule has 1 aliphatic heterocycles. The SMILES string of the molecule is N#Cc1ccccc1C(=O)NCc1ccc(N2CCC(CO)CC2)cc1. The molecule has 1 saturated heterocycles. The van der Waals surface area contributed by atoms with Crippen LogP contribution < -0.4 is 10.2 Å². The van der Waals surface area contributed by atoms with Crippen LogP contribution in [-0.4, -0.2) is 30.7 Å². The predicted molar refractivity (Wildman–Crippen MR) is 101 cm³/mol. The summed E-state index contributed by atoms with van der Waals surface area (Å²) in [6.07, 6.45) is 2.04. The summed E-state index contributed by atoms with van der Waals surface area (Å²) >= 11 is 0. The number of aliphatic hydroxyl groups excluding tert-OH is 1. The summed E-state index contributed by atoms with van der Waals surface area (Å²) in [6, 6.07) is 17.0. The number of rotatable bonds is 5. The van der Waals surface area contributed by atoms with E-state index >= 15 is 0 Å². The summed E-state index contributed by atoms with van der Waals surface area (Å²) in [7, 11) is 0. The molecule has 2 aromatic rings. The standard InChI is InChI=1S/C21H23N3O2/c22-13-18-3-1-2-4-20(18)21(26)23-14-16-5-7-19(8-6-16)24-11-9-17(15-25)10-12-24/h1-8,17,25H,9-12,14-15H2,(H,23,26). The molecule has 3 rings (SSSR count). The predicted octanol–water partition coefficient (Wildman–Crippen LogP) is 2.70. The summed E-state index contributed by atoms with van der Waals surface area (Å²) in [5.41, 5.74) is 2.97. The second-order valence-electron chi connectivity index (χ2n) is 6.62. The molecule has 0 aromatic heterocycles. The average Bonchev–Trinajstić information content (AvgIpc) is 2.72. The third kappa shape index (κ3) is 4.22. The van der Waals surface area contributed by atoms with E-state index in [0.717, 1.165) is 31.5 Å². The number of nitrogens with one attached hydrogen (secondary N) is 1. The molecule has 0 unspecified atom stereocenters. The first-order valence-corrected chi connectivity index (χ1v) is 8.93. The Hall–Kier alpha value is -2.84. The van der Waals surface area contributed by atoms with Crippen LogP contribution in [0.4, 0.5) is 5.69 Å². The Bertz CT molecular complexity index is 788. The molecule has 1 fully saturated rings. The highest BCUT2D eigenvalue weighted by molar-refractivity contribution is 5.96. The van der Waals surface area contributed by atoms with Gasteiger partial charge in [0.05, 0.1) is 17.2 Å². The molecule has 0 atom stereocenters. The summed E-state index contributed by atoms with van der Waals surface area (Å²) < 4.78 is 0. The minimum Gasteiger partial charge on any atom is -0.396 e. The molecule has 0 radical (unpaired) electrons. The molecule has 0 spiro atoms. The second-order valence-corrected chi connectivity index (χ2v) is 6.62. The monoisotopic (exact) mass is 349 g/mol. The van der Waals surface area contributed by atoms with E-state index in [0.29, 0.717) is 23.6 Å². The number of hydrogen-bond acceptors (Lipinski definition) is 4. The van der Waals surface area contributed by atoms with Crippen molar-refractivity contribution >= 4 is 11.6 Å². The lowest BCUT2D eigenvalue weighted by Crippen LogP contribution is -2.34. The molecule has 5 nitrogen and oxygen atoms in total. The van der Waals surface area contributed by atoms with E-state index < -0.39 is 0 Å². The Balaban J connectivity index is 1.56. The maximum atomic E-state index is 12.3. The van der Waals surface area contributed by atoms with E-state index in [4.69, 9.17) is 5.26 Å². The number of piperidine rings is 1. The molecule has 134 valence electrons. The van der Waals surface area contributed by atoms with Crippen molar-refractivity contribution in [1.82, 2.24) is 5.32 Å². The van der Waals surface area contributed by atoms with Crippen molar-refractivity contribution in [3.63, 3.8) is 0 Å². The molecule has 5 heteroatoms. The van der Waals surface area contributed by atoms with Gasteiger partial charge in [0, 0.05) is 31.9 Å². The van der Waals surface area contributed by atoms with E-state index in [2.05, 4.69) is 22.3 Å². The van der Waals surface area contributed by atoms with Crippen molar-refractivity contribution < 1.29 is 9.90 Å². The molecule has 0 aliphatic carbocycles. The molecule has 26 heavy (non-hydrogen) atoms. The largest absolute Gasteiger partial charge is 0.396 e. The van der Waals surface area contributed by atoms with Crippen molar-refractivity contribution in [3.05, 3.63) is 65.2 Å². The van der Waals surface area contributed by atoms with Gasteiger partial charge in [-0.3, -0.25) is 4.79 Å². The van der Waals surface area contributed by atoms with Crippen molar-refractivity contribution in [2.24, 2.45) is 5.92 Å². The lowest BCUT2D eigenvalue weighted by Gasteiger charge is -2.33. The number of carbonyl (C=O) groups excluding carboxylic acids is 1. The maximum Gasteiger partial charge on any atom is 0.252 e. The Morgan fingerprint density at radius 3 is 2.50 bits per heavy atom. The van der Waals surface area contributed by atoms with Crippen LogP contribution in [0.2, 0.25) is 0 Å². The minimum absolute atomic E-state index is 0.239. The maximum absolute atomic E-state index is 12.3. The fourth-order valence-electron chi connectivity index (χ4n) is 3.25. The third-order valence-electron chi connectivity index (χ3n) is 4.92. The number of benzene rings is 2. The topological polar surface area (TPSA) is 76.4 Å². The van der Waals surface area contributed by atoms with Crippen LogP contribution in [0.25, 0.3) is 0 Å². The highest BCUT2D eigenvalue weighted by Crippen LogP contribution is 2.23. The van der Waals surface area contributed by atoms with E-state index in [1.54, 1.807) is 24.3 Å². The number of aliphatic hydroxyl groups is 1. The molecule has 2 N–H and O–H groups in total. The summed E-state index contributed by atoms with van der Waals surface area (Å²) in [4.78, 5) is 14.6. The number of nitriles is 1. The zero-order chi connectivity index (χ0) is 18.4. The van der Waals surface area contributed by atoms with Crippen molar-refractivity contribution in [2.45, 2.75) is 19.4 Å². The molecule has 1 amide bonds. The first-order chi connectivity index (χ1) is 12.7. The van der Waals surface area contributed by atoms with Gasteiger partial charge in [0.1, 0.15) is 0 Å². The van der Waals surface area contributed by atoms with Gasteiger partial charge < -0.3 is 15.3 Å². The van der Waals surface area contributed by atoms with Gasteiger partial charge in [0.2, 0.25) is 0 Å². The van der Waals surface area contributed by atoms with Crippen LogP contribution in [-0.2, 0) is 6.54 Å². The Morgan fingerprint density at radius 1 is 1.15 bits per heavy atom. The molecule has 1 heterocycles. The first kappa shape index (κ1) is 18.0. The molecule has 0 bridgehead atoms. The second kappa shape index (κ2) is 8.50. The van der Waals surface area contributed by atoms with Gasteiger partial charge in [-0.15, -0.1) is 0 Å². The van der Waals surface area contributed by atoms with Gasteiger partial charge in [-0.25, -0.2) is 0 Å². The lowest BCUT2D eigenvalue weighted by atomic mass is 9.97. The van der Waals surface area contributed by atoms with Gasteiger partial charge in [-0.2, -0.15) is 5.26 Å². The lowest BCUT2D eigenvalue weighted by molar-refractivity contribution is 0.0950. The summed E-state index contributed by atoms with van der Waals surface area (Å²) in [5.74, 6) is 0.189. The van der Waals surface area contributed by atoms with E-state index in [1.165, 1.54) is 5.69 Å². The van der Waals surface area contributed by atoms with Crippen molar-refractivity contribution in [3.8, 4) is 6.07 Å². The van der Waals surface area contributed by atoms with Crippen molar-refractivity contribution in [1.29, 1.82) is 5.26 Å². The zero-order valence-corrected chi connectivity index (χ0v) is 14.7. The van der Waals surface area contributed by atoms with Crippen LogP contribution in [0.3, 0.4) is 0 Å². The summed E-state index contributed by atoms with van der Waals surface area (Å²) in [5, 5.41) is 21.2. The van der Waals surface area contributed by atoms with Crippen LogP contribution in [0.15, 0.2) is 48.5 Å². The Labute approximate surface area is 153 Å². The number of carbonyl (C=O) groups is 1. The van der Waals surface area contributed by atoms with Crippen LogP contribution in [0.5, 0.6) is 0 Å². The molecule has 2 aromatic carbocycles. The normalized spacial score (nSPS) is 14.7. The van der Waals surface area contributed by atoms with Gasteiger partial charge in [-0.05, 0) is 48.6 Å². The molecular weight excluding hydrogens is 326 g/mol. The van der Waals surface area contributed by atoms with Crippen LogP contribution in [0.1, 0.15) is 34.3 Å². The third-order valence-corrected chi connectivity index (χ3v) is 4.92. The van der Waals surface area contributed by atoms with Gasteiger partial charge in [0.15, 0.2) is 0 Å². The fourth-order valence-corrected chi connectivity index (χ4v) is 3.25. The highest BCUT2D eigenvalue weighted by Gasteiger charge is 2.18. The number of anilines is 1. The fraction of sp³-hybridized carbons (Fsp3) is 0.333. The smallest absolute Gasteiger partial charge is 0.252 e. The van der Waals surface area contributed by atoms with E-state index in [9.17, 15) is 9.90 Å². The summed E-state index contributed by atoms with van der Waals surface area (Å²) in [6.45, 7) is 2.63. The Kier molecular flexibility index (Phi) is 5.88. The molecular formula is C21H23N3O2. The van der Waals surface area contributed by atoms with E-state index in [1.807, 2.05) is 18.2 Å². The van der Waals surface area contributed by atoms with Gasteiger partial charge >= 0.3 is 0 Å². The van der Waals surface area contributed by atoms with E-state index in [-0.39, 0.29) is 12.5 Å². The van der Waals surface area contributed by atoms with Crippen molar-refractivity contribution in [2.75, 3.05) is 24.6 Å². The van der Waals surface area contributed by atoms with Gasteiger partial charge in [0.25, 0.3) is 5.91 Å². The van der Waals surface area contributed by atoms with Crippen LogP contribution >= 0.6 is 0 Å². The highest BCUT2D eigenvalue weighted by atomic mass is 16.3. The Morgan fingerprint density at radius 2 is 1.85 bits per heavy atom. The first-order valence-electron chi connectivity index (χ1n) is 8.93. The molecule has 1 aliphatic rings. The zero-order valence-electron chi connectivity index (χ0n) is 14.7.